The van der Waals surface area contributed by atoms with Gasteiger partial charge < -0.3 is 13.3 Å². The van der Waals surface area contributed by atoms with Gasteiger partial charge in [0.25, 0.3) is 0 Å². The van der Waals surface area contributed by atoms with Gasteiger partial charge in [-0.25, -0.2) is 0 Å². The SMILES string of the molecule is CCCCS(CCC[Si](OCC)(OCC)OCC)=S=S=S. The number of unbranched alkanes of at least 4 members (excludes halogenated alkanes) is 1. The predicted molar refractivity (Wildman–Crippen MR) is 104 cm³/mol. The zero-order valence-electron chi connectivity index (χ0n) is 13.7. The molecule has 0 aliphatic rings. The Labute approximate surface area is 144 Å². The molecule has 0 aromatic carbocycles. The molecule has 0 saturated carbocycles. The summed E-state index contributed by atoms with van der Waals surface area (Å²) in [6, 6.07) is 0.917. The highest BCUT2D eigenvalue weighted by Crippen LogP contribution is 2.18. The van der Waals surface area contributed by atoms with E-state index >= 15 is 0 Å². The first kappa shape index (κ1) is 22.1. The van der Waals surface area contributed by atoms with Gasteiger partial charge in [0.15, 0.2) is 0 Å². The maximum Gasteiger partial charge on any atom is 0.500 e. The zero-order chi connectivity index (χ0) is 16.0. The molecule has 0 bridgehead atoms. The number of hydrogen-bond acceptors (Lipinski definition) is 4. The first-order valence-electron chi connectivity index (χ1n) is 7.74. The summed E-state index contributed by atoms with van der Waals surface area (Å²) in [5, 5.41) is 0. The minimum Gasteiger partial charge on any atom is -0.374 e. The maximum atomic E-state index is 5.90. The van der Waals surface area contributed by atoms with E-state index in [2.05, 4.69) is 6.92 Å². The lowest BCUT2D eigenvalue weighted by Gasteiger charge is -2.28. The monoisotopic (exact) mass is 390 g/mol. The van der Waals surface area contributed by atoms with Crippen LogP contribution in [0.15, 0.2) is 0 Å². The first-order valence-corrected chi connectivity index (χ1v) is 14.8. The molecule has 0 saturated heterocycles. The molecule has 0 fully saturated rings. The Kier molecular flexibility index (Phi) is 15.5. The molecule has 3 nitrogen and oxygen atoms in total. The minimum atomic E-state index is -2.45. The van der Waals surface area contributed by atoms with Crippen LogP contribution in [0, 0.1) is 0 Å². The van der Waals surface area contributed by atoms with Crippen molar-refractivity contribution in [1.29, 1.82) is 0 Å². The molecule has 21 heavy (non-hydrogen) atoms. The van der Waals surface area contributed by atoms with E-state index in [4.69, 9.17) is 24.5 Å². The standard InChI is InChI=1S/C13H30O3S4Si/c1-5-9-11-20(19-18-17)12-10-13-21(14-6-2,15-7-3)16-8-4/h5-13H2,1-4H3. The van der Waals surface area contributed by atoms with Crippen LogP contribution in [0.4, 0.5) is 0 Å². The third kappa shape index (κ3) is 10.5. The fourth-order valence-corrected chi connectivity index (χ4v) is 11.7. The van der Waals surface area contributed by atoms with E-state index in [1.54, 1.807) is 0 Å². The van der Waals surface area contributed by atoms with Crippen LogP contribution < -0.4 is 0 Å². The van der Waals surface area contributed by atoms with Crippen LogP contribution in [0.3, 0.4) is 0 Å². The largest absolute Gasteiger partial charge is 0.500 e. The second-order valence-corrected chi connectivity index (χ2v) is 13.8. The van der Waals surface area contributed by atoms with Crippen molar-refractivity contribution in [3.63, 3.8) is 0 Å². The van der Waals surface area contributed by atoms with Gasteiger partial charge in [0.05, 0.1) is 0 Å². The highest BCUT2D eigenvalue weighted by molar-refractivity contribution is 8.58. The zero-order valence-corrected chi connectivity index (χ0v) is 18.0. The van der Waals surface area contributed by atoms with Gasteiger partial charge in [-0.3, -0.25) is 0 Å². The summed E-state index contributed by atoms with van der Waals surface area (Å²) in [5.74, 6) is 2.47. The molecule has 0 aromatic heterocycles. The molecule has 1 unspecified atom stereocenters. The van der Waals surface area contributed by atoms with Crippen LogP contribution in [-0.2, 0) is 51.7 Å². The molecule has 0 radical (unpaired) electrons. The van der Waals surface area contributed by atoms with Crippen LogP contribution in [0.1, 0.15) is 47.0 Å². The summed E-state index contributed by atoms with van der Waals surface area (Å²) in [5.41, 5.74) is 0. The van der Waals surface area contributed by atoms with Gasteiger partial charge >= 0.3 is 8.80 Å². The third-order valence-electron chi connectivity index (χ3n) is 2.80. The van der Waals surface area contributed by atoms with Crippen molar-refractivity contribution in [3.05, 3.63) is 0 Å². The molecule has 0 amide bonds. The van der Waals surface area contributed by atoms with Crippen LogP contribution >= 0.6 is 0 Å². The van der Waals surface area contributed by atoms with Crippen LogP contribution in [0.25, 0.3) is 0 Å². The molecule has 0 heterocycles. The summed E-state index contributed by atoms with van der Waals surface area (Å²) in [7, 11) is 1.24. The highest BCUT2D eigenvalue weighted by atomic mass is 33.2. The lowest BCUT2D eigenvalue weighted by Crippen LogP contribution is -2.46. The van der Waals surface area contributed by atoms with E-state index in [0.717, 1.165) is 12.5 Å². The fraction of sp³-hybridized carbons (Fsp3) is 1.00. The lowest BCUT2D eigenvalue weighted by molar-refractivity contribution is 0.0712. The van der Waals surface area contributed by atoms with Crippen molar-refractivity contribution in [2.24, 2.45) is 0 Å². The Morgan fingerprint density at radius 1 is 0.905 bits per heavy atom. The molecular formula is C13H30O3S4Si. The van der Waals surface area contributed by atoms with E-state index in [0.29, 0.717) is 29.3 Å². The fourth-order valence-electron chi connectivity index (χ4n) is 1.97. The second kappa shape index (κ2) is 14.7. The maximum absolute atomic E-state index is 5.90. The van der Waals surface area contributed by atoms with Crippen molar-refractivity contribution in [1.82, 2.24) is 0 Å². The van der Waals surface area contributed by atoms with E-state index in [-0.39, 0.29) is 0 Å². The smallest absolute Gasteiger partial charge is 0.374 e. The summed E-state index contributed by atoms with van der Waals surface area (Å²) in [6.07, 6.45) is 3.64. The van der Waals surface area contributed by atoms with Gasteiger partial charge in [-0.1, -0.05) is 13.3 Å². The van der Waals surface area contributed by atoms with Crippen molar-refractivity contribution < 1.29 is 13.3 Å². The summed E-state index contributed by atoms with van der Waals surface area (Å²) in [4.78, 5) is 0. The normalized spacial score (nSPS) is 13.1. The molecule has 1 atom stereocenters. The molecule has 0 aliphatic heterocycles. The average Bonchev–Trinajstić information content (AvgIpc) is 2.45. The quantitative estimate of drug-likeness (QED) is 0.451. The second-order valence-electron chi connectivity index (χ2n) is 4.42. The Bertz CT molecular complexity index is 338. The summed E-state index contributed by atoms with van der Waals surface area (Å²) >= 11 is 5.05. The van der Waals surface area contributed by atoms with Crippen LogP contribution in [0.2, 0.25) is 6.04 Å². The lowest BCUT2D eigenvalue weighted by atomic mass is 10.4. The van der Waals surface area contributed by atoms with Crippen LogP contribution in [-0.4, -0.2) is 40.1 Å². The number of hydrogen-bond donors (Lipinski definition) is 0. The van der Waals surface area contributed by atoms with E-state index in [1.807, 2.05) is 29.7 Å². The van der Waals surface area contributed by atoms with Crippen molar-refractivity contribution in [2.45, 2.75) is 53.0 Å². The minimum absolute atomic E-state index is 0.360. The van der Waals surface area contributed by atoms with Gasteiger partial charge in [0.2, 0.25) is 0 Å². The van der Waals surface area contributed by atoms with E-state index in [9.17, 15) is 0 Å². The Morgan fingerprint density at radius 3 is 1.86 bits per heavy atom. The molecule has 0 spiro atoms. The molecule has 0 rings (SSSR count). The molecule has 0 aromatic rings. The van der Waals surface area contributed by atoms with Gasteiger partial charge in [-0.05, 0) is 74.1 Å². The summed E-state index contributed by atoms with van der Waals surface area (Å²) < 4.78 is 17.7. The number of rotatable bonds is 13. The van der Waals surface area contributed by atoms with Gasteiger partial charge in [-0.15, -0.1) is 9.45 Å². The molecule has 128 valence electrons. The Hall–Kier alpha value is 1.11. The highest BCUT2D eigenvalue weighted by Gasteiger charge is 2.39. The van der Waals surface area contributed by atoms with Crippen molar-refractivity contribution >= 4 is 47.2 Å². The van der Waals surface area contributed by atoms with E-state index < -0.39 is 8.80 Å². The predicted octanol–water partition coefficient (Wildman–Crippen LogP) is 3.30. The third-order valence-corrected chi connectivity index (χ3v) is 13.2. The molecular weight excluding hydrogens is 360 g/mol. The summed E-state index contributed by atoms with van der Waals surface area (Å²) in [6.45, 7) is 10.2. The topological polar surface area (TPSA) is 27.7 Å². The van der Waals surface area contributed by atoms with Crippen molar-refractivity contribution in [2.75, 3.05) is 31.3 Å². The molecule has 0 N–H and O–H groups in total. The molecule has 0 aliphatic carbocycles. The van der Waals surface area contributed by atoms with Gasteiger partial charge in [-0.2, -0.15) is 0 Å². The van der Waals surface area contributed by atoms with Crippen LogP contribution in [0.5, 0.6) is 0 Å². The van der Waals surface area contributed by atoms with Crippen molar-refractivity contribution in [3.8, 4) is 0 Å². The average molecular weight is 391 g/mol. The van der Waals surface area contributed by atoms with E-state index in [1.165, 1.54) is 33.2 Å². The molecule has 8 heteroatoms. The first-order chi connectivity index (χ1) is 10.2. The van der Waals surface area contributed by atoms with Gasteiger partial charge in [0.1, 0.15) is 0 Å². The Morgan fingerprint density at radius 2 is 1.43 bits per heavy atom. The Balaban J connectivity index is 4.57. The van der Waals surface area contributed by atoms with Gasteiger partial charge in [0, 0.05) is 25.9 Å².